The Hall–Kier alpha value is -2.50. The van der Waals surface area contributed by atoms with Crippen LogP contribution in [0.5, 0.6) is 11.5 Å². The number of nitrogens with one attached hydrogen (secondary N) is 1. The lowest BCUT2D eigenvalue weighted by Crippen LogP contribution is -2.38. The van der Waals surface area contributed by atoms with Crippen molar-refractivity contribution >= 4 is 11.9 Å². The smallest absolute Gasteiger partial charge is 0.337 e. The number of cyclic esters (lactones) is 1. The van der Waals surface area contributed by atoms with Gasteiger partial charge < -0.3 is 19.9 Å². The van der Waals surface area contributed by atoms with E-state index in [-0.39, 0.29) is 18.1 Å². The summed E-state index contributed by atoms with van der Waals surface area (Å²) in [5.74, 6) is -0.682. The van der Waals surface area contributed by atoms with E-state index in [9.17, 15) is 14.7 Å². The van der Waals surface area contributed by atoms with Crippen molar-refractivity contribution in [3.63, 3.8) is 0 Å². The molecule has 3 rings (SSSR count). The van der Waals surface area contributed by atoms with E-state index in [4.69, 9.17) is 9.47 Å². The Bertz CT molecular complexity index is 704. The summed E-state index contributed by atoms with van der Waals surface area (Å²) in [7, 11) is 1.45. The van der Waals surface area contributed by atoms with E-state index in [0.717, 1.165) is 5.56 Å². The second kappa shape index (κ2) is 4.76. The monoisotopic (exact) mass is 303 g/mol. The molecule has 0 aliphatic carbocycles. The van der Waals surface area contributed by atoms with Crippen molar-refractivity contribution < 1.29 is 24.2 Å². The van der Waals surface area contributed by atoms with Gasteiger partial charge in [0.15, 0.2) is 11.5 Å². The van der Waals surface area contributed by atoms with E-state index >= 15 is 0 Å². The van der Waals surface area contributed by atoms with Crippen LogP contribution in [0.3, 0.4) is 0 Å². The third kappa shape index (κ3) is 2.11. The molecule has 0 aromatic heterocycles. The number of benzene rings is 1. The van der Waals surface area contributed by atoms with E-state index in [1.165, 1.54) is 13.2 Å². The number of ether oxygens (including phenoxy) is 2. The van der Waals surface area contributed by atoms with E-state index in [0.29, 0.717) is 17.0 Å². The molecule has 0 fully saturated rings. The third-order valence-corrected chi connectivity index (χ3v) is 4.05. The van der Waals surface area contributed by atoms with Gasteiger partial charge >= 0.3 is 5.97 Å². The van der Waals surface area contributed by atoms with Gasteiger partial charge in [-0.15, -0.1) is 0 Å². The number of hydrogen-bond donors (Lipinski definition) is 2. The fourth-order valence-corrected chi connectivity index (χ4v) is 2.97. The summed E-state index contributed by atoms with van der Waals surface area (Å²) in [6.45, 7) is 3.49. The molecule has 6 heteroatoms. The second-order valence-corrected chi connectivity index (χ2v) is 5.92. The quantitative estimate of drug-likeness (QED) is 0.811. The van der Waals surface area contributed by atoms with Crippen LogP contribution in [0.15, 0.2) is 29.5 Å². The summed E-state index contributed by atoms with van der Waals surface area (Å²) in [5.41, 5.74) is 0.872. The molecule has 0 saturated heterocycles. The van der Waals surface area contributed by atoms with Crippen LogP contribution in [0.25, 0.3) is 0 Å². The summed E-state index contributed by atoms with van der Waals surface area (Å²) in [4.78, 5) is 24.2. The van der Waals surface area contributed by atoms with Gasteiger partial charge in [-0.2, -0.15) is 0 Å². The van der Waals surface area contributed by atoms with Gasteiger partial charge in [-0.1, -0.05) is 6.07 Å². The molecule has 0 radical (unpaired) electrons. The zero-order valence-corrected chi connectivity index (χ0v) is 12.6. The van der Waals surface area contributed by atoms with Crippen molar-refractivity contribution in [2.24, 2.45) is 0 Å². The van der Waals surface area contributed by atoms with E-state index < -0.39 is 17.5 Å². The van der Waals surface area contributed by atoms with Crippen molar-refractivity contribution in [2.75, 3.05) is 7.11 Å². The summed E-state index contributed by atoms with van der Waals surface area (Å²) in [6, 6.07) is 4.82. The zero-order chi connectivity index (χ0) is 16.1. The molecule has 2 aliphatic heterocycles. The first kappa shape index (κ1) is 14.4. The number of esters is 1. The molecule has 2 heterocycles. The van der Waals surface area contributed by atoms with Crippen molar-refractivity contribution in [3.05, 3.63) is 35.0 Å². The molecule has 1 atom stereocenters. The molecular formula is C16H17NO5. The fraction of sp³-hybridized carbons (Fsp3) is 0.375. The molecule has 1 aromatic carbocycles. The zero-order valence-electron chi connectivity index (χ0n) is 12.6. The number of phenols is 1. The van der Waals surface area contributed by atoms with E-state index in [1.54, 1.807) is 26.0 Å². The normalized spacial score (nSPS) is 23.0. The number of aromatic hydroxyl groups is 1. The second-order valence-electron chi connectivity index (χ2n) is 5.92. The van der Waals surface area contributed by atoms with Crippen LogP contribution in [0.1, 0.15) is 31.7 Å². The summed E-state index contributed by atoms with van der Waals surface area (Å²) in [5, 5.41) is 12.5. The summed E-state index contributed by atoms with van der Waals surface area (Å²) >= 11 is 0. The van der Waals surface area contributed by atoms with Crippen molar-refractivity contribution in [1.82, 2.24) is 5.32 Å². The first-order valence-corrected chi connectivity index (χ1v) is 6.98. The average molecular weight is 303 g/mol. The highest BCUT2D eigenvalue weighted by Gasteiger charge is 2.47. The molecule has 1 aromatic rings. The maximum Gasteiger partial charge on any atom is 0.337 e. The topological polar surface area (TPSA) is 84.9 Å². The van der Waals surface area contributed by atoms with Gasteiger partial charge in [0.25, 0.3) is 0 Å². The van der Waals surface area contributed by atoms with Crippen LogP contribution in [-0.4, -0.2) is 29.7 Å². The number of carbonyl (C=O) groups excluding carboxylic acids is 2. The van der Waals surface area contributed by atoms with Gasteiger partial charge in [-0.25, -0.2) is 4.79 Å². The molecular weight excluding hydrogens is 286 g/mol. The minimum Gasteiger partial charge on any atom is -0.504 e. The van der Waals surface area contributed by atoms with Crippen LogP contribution in [-0.2, 0) is 14.3 Å². The van der Waals surface area contributed by atoms with Crippen LogP contribution < -0.4 is 10.1 Å². The first-order valence-electron chi connectivity index (χ1n) is 6.98. The largest absolute Gasteiger partial charge is 0.504 e. The molecule has 6 nitrogen and oxygen atoms in total. The highest BCUT2D eigenvalue weighted by molar-refractivity contribution is 5.99. The SMILES string of the molecule is COc1cc([C@@H]2CC(=O)NC3=C2C(=O)OC3(C)C)ccc1O. The van der Waals surface area contributed by atoms with Crippen LogP contribution in [0.4, 0.5) is 0 Å². The van der Waals surface area contributed by atoms with Gasteiger partial charge in [-0.05, 0) is 31.5 Å². The van der Waals surface area contributed by atoms with E-state index in [1.807, 2.05) is 0 Å². The Kier molecular flexibility index (Phi) is 3.12. The summed E-state index contributed by atoms with van der Waals surface area (Å²) < 4.78 is 10.5. The molecule has 0 saturated carbocycles. The molecule has 116 valence electrons. The number of rotatable bonds is 2. The number of methoxy groups -OCH3 is 1. The van der Waals surface area contributed by atoms with Gasteiger partial charge in [0.2, 0.25) is 5.91 Å². The predicted octanol–water partition coefficient (Wildman–Crippen LogP) is 1.59. The number of phenolic OH excluding ortho intramolecular Hbond substituents is 1. The average Bonchev–Trinajstić information content (AvgIpc) is 2.68. The van der Waals surface area contributed by atoms with Crippen LogP contribution in [0, 0.1) is 0 Å². The fourth-order valence-electron chi connectivity index (χ4n) is 2.97. The van der Waals surface area contributed by atoms with Gasteiger partial charge in [-0.3, -0.25) is 4.79 Å². The van der Waals surface area contributed by atoms with Crippen molar-refractivity contribution in [3.8, 4) is 11.5 Å². The highest BCUT2D eigenvalue weighted by atomic mass is 16.6. The van der Waals surface area contributed by atoms with Crippen molar-refractivity contribution in [2.45, 2.75) is 31.8 Å². The van der Waals surface area contributed by atoms with Crippen LogP contribution >= 0.6 is 0 Å². The molecule has 0 bridgehead atoms. The summed E-state index contributed by atoms with van der Waals surface area (Å²) in [6.07, 6.45) is 0.151. The Morgan fingerprint density at radius 1 is 1.36 bits per heavy atom. The Balaban J connectivity index is 2.12. The maximum absolute atomic E-state index is 12.2. The molecule has 0 spiro atoms. The van der Waals surface area contributed by atoms with Crippen molar-refractivity contribution in [1.29, 1.82) is 0 Å². The highest BCUT2D eigenvalue weighted by Crippen LogP contribution is 2.43. The number of amides is 1. The lowest BCUT2D eigenvalue weighted by molar-refractivity contribution is -0.144. The molecule has 2 aliphatic rings. The molecule has 0 unspecified atom stereocenters. The van der Waals surface area contributed by atoms with E-state index in [2.05, 4.69) is 5.32 Å². The first-order chi connectivity index (χ1) is 10.3. The predicted molar refractivity (Wildman–Crippen MR) is 77.4 cm³/mol. The molecule has 22 heavy (non-hydrogen) atoms. The molecule has 2 N–H and O–H groups in total. The van der Waals surface area contributed by atoms with Gasteiger partial charge in [0, 0.05) is 12.3 Å². The minimum absolute atomic E-state index is 0.00930. The lowest BCUT2D eigenvalue weighted by atomic mass is 9.83. The number of carbonyl (C=O) groups is 2. The van der Waals surface area contributed by atoms with Gasteiger partial charge in [0.05, 0.1) is 18.4 Å². The Labute approximate surface area is 127 Å². The van der Waals surface area contributed by atoms with Gasteiger partial charge in [0.1, 0.15) is 5.60 Å². The molecule has 1 amide bonds. The standard InChI is InChI=1S/C16H17NO5/c1-16(2)14-13(15(20)22-16)9(7-12(19)17-14)8-4-5-10(18)11(6-8)21-3/h4-6,9,18H,7H2,1-3H3,(H,17,19)/t9-/m0/s1. The lowest BCUT2D eigenvalue weighted by Gasteiger charge is -2.27. The number of hydrogen-bond acceptors (Lipinski definition) is 5. The van der Waals surface area contributed by atoms with Crippen LogP contribution in [0.2, 0.25) is 0 Å². The minimum atomic E-state index is -0.845. The Morgan fingerprint density at radius 3 is 2.77 bits per heavy atom. The third-order valence-electron chi connectivity index (χ3n) is 4.05. The maximum atomic E-state index is 12.2. The Morgan fingerprint density at radius 2 is 2.09 bits per heavy atom.